The monoisotopic (exact) mass is 494 g/mol. The van der Waals surface area contributed by atoms with Gasteiger partial charge in [0.05, 0.1) is 34.8 Å². The predicted molar refractivity (Wildman–Crippen MR) is 139 cm³/mol. The molecule has 1 amide bonds. The topological polar surface area (TPSA) is 74.8 Å². The highest BCUT2D eigenvalue weighted by molar-refractivity contribution is 7.86. The number of amides is 1. The molecule has 2 aliphatic heterocycles. The number of benzene rings is 1. The normalized spacial score (nSPS) is 24.3. The summed E-state index contributed by atoms with van der Waals surface area (Å²) in [6.45, 7) is 6.20. The molecule has 8 heteroatoms. The van der Waals surface area contributed by atoms with Crippen molar-refractivity contribution < 1.29 is 13.7 Å². The van der Waals surface area contributed by atoms with E-state index < -0.39 is 10.8 Å². The molecule has 35 heavy (non-hydrogen) atoms. The van der Waals surface area contributed by atoms with Gasteiger partial charge in [0, 0.05) is 36.3 Å². The minimum absolute atomic E-state index is 0.158. The molecule has 2 saturated heterocycles. The van der Waals surface area contributed by atoms with E-state index in [4.69, 9.17) is 9.72 Å². The molecule has 186 valence electrons. The van der Waals surface area contributed by atoms with Crippen LogP contribution in [0.5, 0.6) is 0 Å². The molecule has 1 N–H and O–H groups in total. The van der Waals surface area contributed by atoms with Crippen LogP contribution in [0.4, 0.5) is 17.3 Å². The molecule has 1 aromatic carbocycles. The first-order valence-corrected chi connectivity index (χ1v) is 14.2. The second kappa shape index (κ2) is 9.21. The van der Waals surface area contributed by atoms with Gasteiger partial charge in [0.15, 0.2) is 0 Å². The van der Waals surface area contributed by atoms with Crippen molar-refractivity contribution in [1.82, 2.24) is 4.98 Å². The van der Waals surface area contributed by atoms with Gasteiger partial charge in [-0.3, -0.25) is 9.00 Å². The van der Waals surface area contributed by atoms with E-state index in [-0.39, 0.29) is 17.3 Å². The van der Waals surface area contributed by atoms with Crippen molar-refractivity contribution in [2.45, 2.75) is 61.7 Å². The summed E-state index contributed by atoms with van der Waals surface area (Å²) in [5.74, 6) is 1.22. The van der Waals surface area contributed by atoms with Gasteiger partial charge in [0.25, 0.3) is 5.91 Å². The number of nitrogens with zero attached hydrogens (tertiary/aromatic N) is 3. The Morgan fingerprint density at radius 1 is 1.09 bits per heavy atom. The summed E-state index contributed by atoms with van der Waals surface area (Å²) in [7, 11) is -0.997. The molecule has 6 rings (SSSR count). The molecule has 7 nitrogen and oxygen atoms in total. The summed E-state index contributed by atoms with van der Waals surface area (Å²) in [5.41, 5.74) is 2.08. The Kier molecular flexibility index (Phi) is 6.05. The number of hydrogen-bond acceptors (Lipinski definition) is 6. The number of carbonyl (C=O) groups is 1. The maximum absolute atomic E-state index is 13.5. The van der Waals surface area contributed by atoms with Gasteiger partial charge in [-0.25, -0.2) is 4.98 Å². The maximum atomic E-state index is 13.5. The predicted octanol–water partition coefficient (Wildman–Crippen LogP) is 4.21. The van der Waals surface area contributed by atoms with Crippen molar-refractivity contribution in [3.8, 4) is 0 Å². The molecule has 0 radical (unpaired) electrons. The van der Waals surface area contributed by atoms with Crippen LogP contribution in [0.15, 0.2) is 41.3 Å². The van der Waals surface area contributed by atoms with Gasteiger partial charge in [0.2, 0.25) is 0 Å². The summed E-state index contributed by atoms with van der Waals surface area (Å²) in [6.07, 6.45) is 7.23. The Labute approximate surface area is 209 Å². The average Bonchev–Trinajstić information content (AvgIpc) is 3.81. The third-order valence-electron chi connectivity index (χ3n) is 7.94. The van der Waals surface area contributed by atoms with Crippen molar-refractivity contribution >= 4 is 34.0 Å². The average molecular weight is 495 g/mol. The standard InChI is InChI=1S/C27H34N4O3S/c1-19-18-31(15-16-34-19)25-4-2-3-24(28-25)29-26(32)22-8-7-21(35(33)20-5-6-20)17-23(22)30-13-11-27(9-10-27)12-14-30/h2-4,7-8,17,19-20H,5-6,9-16,18H2,1H3,(H,28,29,32)/t19-,35?/m1/s1. The lowest BCUT2D eigenvalue weighted by Crippen LogP contribution is -2.41. The van der Waals surface area contributed by atoms with Gasteiger partial charge in [-0.15, -0.1) is 0 Å². The number of aromatic nitrogens is 1. The fraction of sp³-hybridized carbons (Fsp3) is 0.556. The highest BCUT2D eigenvalue weighted by Crippen LogP contribution is 2.54. The molecule has 1 aromatic heterocycles. The molecule has 2 atom stereocenters. The summed E-state index contributed by atoms with van der Waals surface area (Å²) in [4.78, 5) is 23.6. The lowest BCUT2D eigenvalue weighted by molar-refractivity contribution is 0.0529. The molecular formula is C27H34N4O3S. The lowest BCUT2D eigenvalue weighted by Gasteiger charge is -2.35. The van der Waals surface area contributed by atoms with Gasteiger partial charge >= 0.3 is 0 Å². The van der Waals surface area contributed by atoms with Crippen LogP contribution in [0.25, 0.3) is 0 Å². The van der Waals surface area contributed by atoms with E-state index in [1.807, 2.05) is 36.4 Å². The number of carbonyl (C=O) groups excluding carboxylic acids is 1. The van der Waals surface area contributed by atoms with Crippen LogP contribution in [0.3, 0.4) is 0 Å². The van der Waals surface area contributed by atoms with Crippen LogP contribution in [-0.4, -0.2) is 59.2 Å². The van der Waals surface area contributed by atoms with Crippen molar-refractivity contribution in [3.63, 3.8) is 0 Å². The highest BCUT2D eigenvalue weighted by atomic mass is 32.2. The van der Waals surface area contributed by atoms with E-state index in [0.717, 1.165) is 55.4 Å². The molecule has 3 heterocycles. The second-order valence-electron chi connectivity index (χ2n) is 10.6. The zero-order valence-electron chi connectivity index (χ0n) is 20.4. The van der Waals surface area contributed by atoms with Crippen LogP contribution in [0.1, 0.15) is 55.8 Å². The number of pyridine rings is 1. The highest BCUT2D eigenvalue weighted by Gasteiger charge is 2.44. The number of piperidine rings is 1. The fourth-order valence-electron chi connectivity index (χ4n) is 5.34. The Hall–Kier alpha value is -2.45. The number of ether oxygens (including phenoxy) is 1. The van der Waals surface area contributed by atoms with Gasteiger partial charge in [-0.2, -0.15) is 0 Å². The van der Waals surface area contributed by atoms with Crippen LogP contribution in [-0.2, 0) is 15.5 Å². The number of nitrogens with one attached hydrogen (secondary N) is 1. The van der Waals surface area contributed by atoms with Crippen molar-refractivity contribution in [2.75, 3.05) is 47.9 Å². The van der Waals surface area contributed by atoms with E-state index >= 15 is 0 Å². The van der Waals surface area contributed by atoms with E-state index in [0.29, 0.717) is 23.4 Å². The third-order valence-corrected chi connectivity index (χ3v) is 9.73. The summed E-state index contributed by atoms with van der Waals surface area (Å²) < 4.78 is 18.6. The molecule has 1 spiro atoms. The van der Waals surface area contributed by atoms with Crippen LogP contribution in [0.2, 0.25) is 0 Å². The molecule has 4 aliphatic rings. The number of rotatable bonds is 6. The van der Waals surface area contributed by atoms with Crippen LogP contribution < -0.4 is 15.1 Å². The SMILES string of the molecule is C[C@@H]1CN(c2cccc(NC(=O)c3ccc(S(=O)C4CC4)cc3N3CCC4(CC3)CC4)n2)CCO1. The summed E-state index contributed by atoms with van der Waals surface area (Å²) in [5, 5.41) is 3.30. The first kappa shape index (κ1) is 23.0. The quantitative estimate of drug-likeness (QED) is 0.649. The van der Waals surface area contributed by atoms with Gasteiger partial charge in [0.1, 0.15) is 11.6 Å². The molecular weight excluding hydrogens is 460 g/mol. The maximum Gasteiger partial charge on any atom is 0.258 e. The van der Waals surface area contributed by atoms with Crippen molar-refractivity contribution in [1.29, 1.82) is 0 Å². The van der Waals surface area contributed by atoms with E-state index in [1.165, 1.54) is 25.7 Å². The first-order valence-electron chi connectivity index (χ1n) is 12.9. The molecule has 4 fully saturated rings. The molecule has 1 unspecified atom stereocenters. The van der Waals surface area contributed by atoms with E-state index in [9.17, 15) is 9.00 Å². The van der Waals surface area contributed by atoms with Crippen LogP contribution >= 0.6 is 0 Å². The van der Waals surface area contributed by atoms with Crippen LogP contribution in [0, 0.1) is 5.41 Å². The molecule has 2 aliphatic carbocycles. The largest absolute Gasteiger partial charge is 0.375 e. The molecule has 2 aromatic rings. The smallest absolute Gasteiger partial charge is 0.258 e. The zero-order chi connectivity index (χ0) is 24.0. The minimum atomic E-state index is -0.997. The lowest BCUT2D eigenvalue weighted by atomic mass is 9.93. The van der Waals surface area contributed by atoms with Gasteiger partial charge < -0.3 is 19.9 Å². The first-order chi connectivity index (χ1) is 17.0. The number of anilines is 3. The number of hydrogen-bond donors (Lipinski definition) is 1. The molecule has 2 saturated carbocycles. The Bertz CT molecular complexity index is 1140. The summed E-state index contributed by atoms with van der Waals surface area (Å²) in [6, 6.07) is 11.5. The van der Waals surface area contributed by atoms with Gasteiger partial charge in [-0.1, -0.05) is 6.07 Å². The Morgan fingerprint density at radius 3 is 2.60 bits per heavy atom. The Balaban J connectivity index is 1.24. The van der Waals surface area contributed by atoms with Gasteiger partial charge in [-0.05, 0) is 81.2 Å². The third kappa shape index (κ3) is 4.96. The fourth-order valence-corrected chi connectivity index (χ4v) is 6.72. The zero-order valence-corrected chi connectivity index (χ0v) is 21.2. The number of morpholine rings is 1. The molecule has 0 bridgehead atoms. The Morgan fingerprint density at radius 2 is 1.89 bits per heavy atom. The van der Waals surface area contributed by atoms with E-state index in [2.05, 4.69) is 22.0 Å². The van der Waals surface area contributed by atoms with E-state index in [1.54, 1.807) is 0 Å². The van der Waals surface area contributed by atoms with Crippen molar-refractivity contribution in [2.24, 2.45) is 5.41 Å². The van der Waals surface area contributed by atoms with Crippen molar-refractivity contribution in [3.05, 3.63) is 42.0 Å². The summed E-state index contributed by atoms with van der Waals surface area (Å²) >= 11 is 0. The second-order valence-corrected chi connectivity index (χ2v) is 12.4. The minimum Gasteiger partial charge on any atom is -0.375 e.